The van der Waals surface area contributed by atoms with Gasteiger partial charge in [-0.15, -0.1) is 0 Å². The number of carbonyl (C=O) groups is 2. The second-order valence-corrected chi connectivity index (χ2v) is 10.1. The Morgan fingerprint density at radius 3 is 1.44 bits per heavy atom. The van der Waals surface area contributed by atoms with Gasteiger partial charge in [0.1, 0.15) is 0 Å². The van der Waals surface area contributed by atoms with Gasteiger partial charge in [0, 0.05) is 0 Å². The van der Waals surface area contributed by atoms with Gasteiger partial charge in [-0.05, 0) is 12.8 Å². The zero-order valence-corrected chi connectivity index (χ0v) is 21.1. The molecule has 7 nitrogen and oxygen atoms in total. The number of rotatable bonds is 22. The molecule has 0 aliphatic heterocycles. The van der Waals surface area contributed by atoms with E-state index in [0.717, 1.165) is 38.5 Å². The predicted octanol–water partition coefficient (Wildman–Crippen LogP) is 6.00. The molecule has 0 saturated carbocycles. The number of unbranched alkanes of at least 4 members (excludes halogenated alkanes) is 14. The summed E-state index contributed by atoms with van der Waals surface area (Å²) in [6.45, 7) is 4.61. The van der Waals surface area contributed by atoms with E-state index in [0.29, 0.717) is 12.8 Å². The zero-order chi connectivity index (χ0) is 24.1. The maximum atomic E-state index is 12.1. The van der Waals surface area contributed by atoms with Crippen molar-refractivity contribution in [1.82, 2.24) is 0 Å². The van der Waals surface area contributed by atoms with Crippen molar-refractivity contribution in [2.45, 2.75) is 128 Å². The lowest BCUT2D eigenvalue weighted by Crippen LogP contribution is -2.34. The topological polar surface area (TPSA) is 107 Å². The maximum Gasteiger partial charge on any atom is 0.327 e. The molecule has 0 fully saturated rings. The van der Waals surface area contributed by atoms with Crippen LogP contribution >= 0.6 is 0 Å². The van der Waals surface area contributed by atoms with Crippen LogP contribution in [-0.4, -0.2) is 43.4 Å². The molecule has 0 aromatic carbocycles. The zero-order valence-electron chi connectivity index (χ0n) is 20.3. The van der Waals surface area contributed by atoms with Crippen molar-refractivity contribution in [1.29, 1.82) is 0 Å². The Labute approximate surface area is 195 Å². The number of hydrogen-bond donors (Lipinski definition) is 1. The van der Waals surface area contributed by atoms with Crippen molar-refractivity contribution in [2.24, 2.45) is 0 Å². The van der Waals surface area contributed by atoms with Gasteiger partial charge in [-0.3, -0.25) is 14.1 Å². The molecule has 1 atom stereocenters. The van der Waals surface area contributed by atoms with Gasteiger partial charge in [-0.1, -0.05) is 104 Å². The van der Waals surface area contributed by atoms with Crippen LogP contribution in [0.5, 0.6) is 0 Å². The van der Waals surface area contributed by atoms with Crippen LogP contribution < -0.4 is 0 Å². The van der Waals surface area contributed by atoms with E-state index < -0.39 is 33.7 Å². The first kappa shape index (κ1) is 30.9. The fraction of sp³-hybridized carbons (Fsp3) is 0.917. The van der Waals surface area contributed by atoms with Crippen molar-refractivity contribution >= 4 is 22.1 Å². The fourth-order valence-electron chi connectivity index (χ4n) is 3.44. The molecule has 0 unspecified atom stereocenters. The minimum Gasteiger partial charge on any atom is -0.466 e. The third-order valence-electron chi connectivity index (χ3n) is 5.48. The van der Waals surface area contributed by atoms with Gasteiger partial charge in [0.25, 0.3) is 10.1 Å². The molecular formula is C24H46O7S. The summed E-state index contributed by atoms with van der Waals surface area (Å²) in [7, 11) is -4.75. The van der Waals surface area contributed by atoms with Gasteiger partial charge < -0.3 is 9.47 Å². The highest BCUT2D eigenvalue weighted by Crippen LogP contribution is 2.12. The summed E-state index contributed by atoms with van der Waals surface area (Å²) < 4.78 is 42.4. The molecule has 1 N–H and O–H groups in total. The number of hydrogen-bond acceptors (Lipinski definition) is 6. The highest BCUT2D eigenvalue weighted by molar-refractivity contribution is 7.87. The standard InChI is InChI=1S/C24H46O7S/c1-3-5-7-9-11-13-15-17-19-30-23(25)21-22(32(27,28)29)24(26)31-20-18-16-14-12-10-8-6-4-2/h22H,3-21H2,1-2H3,(H,27,28,29)/t22-/m1/s1. The molecule has 190 valence electrons. The van der Waals surface area contributed by atoms with Crippen LogP contribution in [0.4, 0.5) is 0 Å². The first-order chi connectivity index (χ1) is 15.3. The SMILES string of the molecule is CCCCCCCCCCOC(=O)C[C@H](C(=O)OCCCCCCCCCC)S(=O)(=O)O. The van der Waals surface area contributed by atoms with E-state index in [-0.39, 0.29) is 13.2 Å². The molecule has 0 bridgehead atoms. The fourth-order valence-corrected chi connectivity index (χ4v) is 4.10. The largest absolute Gasteiger partial charge is 0.466 e. The summed E-state index contributed by atoms with van der Waals surface area (Å²) in [6, 6.07) is 0. The van der Waals surface area contributed by atoms with Crippen LogP contribution in [0.25, 0.3) is 0 Å². The second kappa shape index (κ2) is 20.5. The van der Waals surface area contributed by atoms with Crippen LogP contribution in [0.15, 0.2) is 0 Å². The molecule has 32 heavy (non-hydrogen) atoms. The minimum atomic E-state index is -4.75. The molecule has 0 aliphatic carbocycles. The van der Waals surface area contributed by atoms with E-state index in [2.05, 4.69) is 13.8 Å². The first-order valence-electron chi connectivity index (χ1n) is 12.6. The Hall–Kier alpha value is -1.15. The molecule has 0 spiro atoms. The van der Waals surface area contributed by atoms with Crippen molar-refractivity contribution < 1.29 is 32.0 Å². The average molecular weight is 479 g/mol. The highest BCUT2D eigenvalue weighted by Gasteiger charge is 2.35. The molecule has 0 aromatic rings. The maximum absolute atomic E-state index is 12.1. The number of ether oxygens (including phenoxy) is 2. The van der Waals surface area contributed by atoms with Crippen LogP contribution in [0.3, 0.4) is 0 Å². The molecule has 8 heteroatoms. The van der Waals surface area contributed by atoms with Crippen molar-refractivity contribution in [3.63, 3.8) is 0 Å². The Balaban J connectivity index is 4.02. The van der Waals surface area contributed by atoms with Crippen molar-refractivity contribution in [3.05, 3.63) is 0 Å². The molecular weight excluding hydrogens is 432 g/mol. The van der Waals surface area contributed by atoms with Gasteiger partial charge in [0.05, 0.1) is 19.6 Å². The third-order valence-corrected chi connectivity index (χ3v) is 6.56. The summed E-state index contributed by atoms with van der Waals surface area (Å²) in [5, 5.41) is -1.93. The third kappa shape index (κ3) is 18.4. The van der Waals surface area contributed by atoms with Gasteiger partial charge in [0.2, 0.25) is 0 Å². The summed E-state index contributed by atoms with van der Waals surface area (Å²) in [5.74, 6) is -1.92. The minimum absolute atomic E-state index is 0.0765. The Kier molecular flexibility index (Phi) is 19.7. The second-order valence-electron chi connectivity index (χ2n) is 8.55. The van der Waals surface area contributed by atoms with Crippen LogP contribution in [0.2, 0.25) is 0 Å². The van der Waals surface area contributed by atoms with Gasteiger partial charge >= 0.3 is 11.9 Å². The van der Waals surface area contributed by atoms with Crippen molar-refractivity contribution in [3.8, 4) is 0 Å². The smallest absolute Gasteiger partial charge is 0.327 e. The molecule has 0 radical (unpaired) electrons. The lowest BCUT2D eigenvalue weighted by Gasteiger charge is -2.13. The molecule has 0 heterocycles. The Bertz CT molecular complexity index is 575. The molecule has 0 aromatic heterocycles. The van der Waals surface area contributed by atoms with E-state index in [1.54, 1.807) is 0 Å². The predicted molar refractivity (Wildman–Crippen MR) is 127 cm³/mol. The first-order valence-corrected chi connectivity index (χ1v) is 14.1. The van der Waals surface area contributed by atoms with Gasteiger partial charge in [-0.2, -0.15) is 8.42 Å². The summed E-state index contributed by atoms with van der Waals surface area (Å²) in [6.07, 6.45) is 16.6. The van der Waals surface area contributed by atoms with Gasteiger partial charge in [-0.25, -0.2) is 0 Å². The lowest BCUT2D eigenvalue weighted by atomic mass is 10.1. The molecule has 0 amide bonds. The van der Waals surface area contributed by atoms with Crippen LogP contribution in [0.1, 0.15) is 123 Å². The summed E-state index contributed by atoms with van der Waals surface area (Å²) >= 11 is 0. The number of esters is 2. The molecule has 0 rings (SSSR count). The van der Waals surface area contributed by atoms with Crippen LogP contribution in [-0.2, 0) is 29.2 Å². The number of carbonyl (C=O) groups excluding carboxylic acids is 2. The van der Waals surface area contributed by atoms with E-state index in [1.807, 2.05) is 0 Å². The molecule has 0 saturated heterocycles. The van der Waals surface area contributed by atoms with E-state index in [4.69, 9.17) is 9.47 Å². The lowest BCUT2D eigenvalue weighted by molar-refractivity contribution is -0.150. The van der Waals surface area contributed by atoms with E-state index in [9.17, 15) is 22.6 Å². The molecule has 0 aliphatic rings. The Morgan fingerprint density at radius 1 is 0.656 bits per heavy atom. The highest BCUT2D eigenvalue weighted by atomic mass is 32.2. The van der Waals surface area contributed by atoms with E-state index >= 15 is 0 Å². The summed E-state index contributed by atoms with van der Waals surface area (Å²) in [5.41, 5.74) is 0. The van der Waals surface area contributed by atoms with E-state index in [1.165, 1.54) is 51.4 Å². The average Bonchev–Trinajstić information content (AvgIpc) is 2.74. The monoisotopic (exact) mass is 478 g/mol. The van der Waals surface area contributed by atoms with Crippen LogP contribution in [0, 0.1) is 0 Å². The summed E-state index contributed by atoms with van der Waals surface area (Å²) in [4.78, 5) is 24.0. The Morgan fingerprint density at radius 2 is 1.03 bits per heavy atom. The quantitative estimate of drug-likeness (QED) is 0.115. The normalized spacial score (nSPS) is 12.5. The van der Waals surface area contributed by atoms with Gasteiger partial charge in [0.15, 0.2) is 5.25 Å². The van der Waals surface area contributed by atoms with Crippen molar-refractivity contribution in [2.75, 3.05) is 13.2 Å².